The Bertz CT molecular complexity index is 658. The van der Waals surface area contributed by atoms with Crippen molar-refractivity contribution >= 4 is 0 Å². The second-order valence-corrected chi connectivity index (χ2v) is 6.86. The van der Waals surface area contributed by atoms with E-state index in [0.29, 0.717) is 23.3 Å². The van der Waals surface area contributed by atoms with Crippen molar-refractivity contribution in [3.05, 3.63) is 47.0 Å². The number of benzene rings is 1. The standard InChI is InChI=1S/C19H18N2/c20-10-16(11-21)19-15-7-12-6-14(9-15)18(17(19)8-12)13-4-2-1-3-5-13/h1-5,12,14-15,17-18H,6-9H2/t12?,14?,15?,17?,18-/m1/s1. The average molecular weight is 274 g/mol. The second-order valence-electron chi connectivity index (χ2n) is 6.86. The Morgan fingerprint density at radius 2 is 1.71 bits per heavy atom. The lowest BCUT2D eigenvalue weighted by Gasteiger charge is -2.56. The Kier molecular flexibility index (Phi) is 2.86. The van der Waals surface area contributed by atoms with Gasteiger partial charge in [0.25, 0.3) is 0 Å². The van der Waals surface area contributed by atoms with Crippen molar-refractivity contribution in [1.82, 2.24) is 0 Å². The van der Waals surface area contributed by atoms with Crippen LogP contribution in [0.15, 0.2) is 41.5 Å². The van der Waals surface area contributed by atoms with Crippen LogP contribution in [0.2, 0.25) is 0 Å². The number of rotatable bonds is 1. The fourth-order valence-corrected chi connectivity index (χ4v) is 5.41. The van der Waals surface area contributed by atoms with E-state index in [1.165, 1.54) is 36.8 Å². The number of nitriles is 2. The molecule has 0 N–H and O–H groups in total. The third kappa shape index (κ3) is 1.83. The molecule has 0 aromatic heterocycles. The summed E-state index contributed by atoms with van der Waals surface area (Å²) in [6.45, 7) is 0. The molecule has 0 spiro atoms. The fraction of sp³-hybridized carbons (Fsp3) is 0.474. The number of hydrogen-bond acceptors (Lipinski definition) is 2. The van der Waals surface area contributed by atoms with E-state index in [0.717, 1.165) is 11.8 Å². The molecule has 4 saturated carbocycles. The van der Waals surface area contributed by atoms with Crippen LogP contribution < -0.4 is 0 Å². The summed E-state index contributed by atoms with van der Waals surface area (Å²) >= 11 is 0. The highest BCUT2D eigenvalue weighted by atomic mass is 14.6. The van der Waals surface area contributed by atoms with Crippen LogP contribution in [0.25, 0.3) is 0 Å². The van der Waals surface area contributed by atoms with Gasteiger partial charge >= 0.3 is 0 Å². The maximum absolute atomic E-state index is 9.34. The lowest BCUT2D eigenvalue weighted by molar-refractivity contribution is 0.0448. The van der Waals surface area contributed by atoms with Crippen molar-refractivity contribution in [1.29, 1.82) is 10.5 Å². The average Bonchev–Trinajstić information content (AvgIpc) is 2.51. The number of nitrogens with zero attached hydrogens (tertiary/aromatic N) is 2. The van der Waals surface area contributed by atoms with Crippen LogP contribution in [-0.4, -0.2) is 0 Å². The molecule has 2 heteroatoms. The quantitative estimate of drug-likeness (QED) is 0.721. The van der Waals surface area contributed by atoms with Gasteiger partial charge < -0.3 is 0 Å². The molecule has 4 unspecified atom stereocenters. The van der Waals surface area contributed by atoms with Gasteiger partial charge in [-0.3, -0.25) is 0 Å². The third-order valence-electron chi connectivity index (χ3n) is 5.91. The molecule has 5 atom stereocenters. The van der Waals surface area contributed by atoms with Gasteiger partial charge in [-0.1, -0.05) is 30.3 Å². The predicted octanol–water partition coefficient (Wildman–Crippen LogP) is 4.18. The van der Waals surface area contributed by atoms with Gasteiger partial charge in [-0.05, 0) is 66.4 Å². The van der Waals surface area contributed by atoms with Gasteiger partial charge in [-0.25, -0.2) is 0 Å². The summed E-state index contributed by atoms with van der Waals surface area (Å²) in [4.78, 5) is 0. The highest BCUT2D eigenvalue weighted by molar-refractivity contribution is 5.46. The van der Waals surface area contributed by atoms with Crippen molar-refractivity contribution in [2.45, 2.75) is 31.6 Å². The molecule has 4 bridgehead atoms. The van der Waals surface area contributed by atoms with Crippen LogP contribution in [0.1, 0.15) is 37.2 Å². The summed E-state index contributed by atoms with van der Waals surface area (Å²) in [6.07, 6.45) is 4.90. The van der Waals surface area contributed by atoms with Gasteiger partial charge in [-0.15, -0.1) is 0 Å². The molecular formula is C19H18N2. The molecule has 5 rings (SSSR count). The van der Waals surface area contributed by atoms with Crippen molar-refractivity contribution in [2.24, 2.45) is 23.7 Å². The Labute approximate surface area is 125 Å². The van der Waals surface area contributed by atoms with Crippen LogP contribution in [0, 0.1) is 46.3 Å². The lowest BCUT2D eigenvalue weighted by Crippen LogP contribution is -2.45. The number of hydrogen-bond donors (Lipinski definition) is 0. The van der Waals surface area contributed by atoms with Crippen molar-refractivity contribution in [3.63, 3.8) is 0 Å². The molecular weight excluding hydrogens is 256 g/mol. The van der Waals surface area contributed by atoms with Gasteiger partial charge in [0.2, 0.25) is 0 Å². The fourth-order valence-electron chi connectivity index (χ4n) is 5.41. The van der Waals surface area contributed by atoms with E-state index in [-0.39, 0.29) is 0 Å². The maximum Gasteiger partial charge on any atom is 0.129 e. The zero-order valence-corrected chi connectivity index (χ0v) is 12.0. The van der Waals surface area contributed by atoms with Crippen molar-refractivity contribution in [2.75, 3.05) is 0 Å². The topological polar surface area (TPSA) is 47.6 Å². The van der Waals surface area contributed by atoms with E-state index in [9.17, 15) is 10.5 Å². The summed E-state index contributed by atoms with van der Waals surface area (Å²) in [5.41, 5.74) is 3.00. The Hall–Kier alpha value is -2.06. The first kappa shape index (κ1) is 12.7. The molecule has 1 aromatic rings. The van der Waals surface area contributed by atoms with Crippen molar-refractivity contribution in [3.8, 4) is 12.1 Å². The zero-order valence-electron chi connectivity index (χ0n) is 12.0. The minimum absolute atomic E-state index is 0.407. The summed E-state index contributed by atoms with van der Waals surface area (Å²) in [7, 11) is 0. The van der Waals surface area contributed by atoms with Gasteiger partial charge in [-0.2, -0.15) is 10.5 Å². The molecule has 0 amide bonds. The molecule has 0 heterocycles. The van der Waals surface area contributed by atoms with E-state index in [1.54, 1.807) is 0 Å². The largest absolute Gasteiger partial charge is 0.192 e. The van der Waals surface area contributed by atoms with E-state index in [4.69, 9.17) is 0 Å². The molecule has 2 nitrogen and oxygen atoms in total. The smallest absolute Gasteiger partial charge is 0.129 e. The molecule has 21 heavy (non-hydrogen) atoms. The van der Waals surface area contributed by atoms with Crippen LogP contribution in [0.5, 0.6) is 0 Å². The molecule has 4 aliphatic carbocycles. The van der Waals surface area contributed by atoms with Crippen LogP contribution >= 0.6 is 0 Å². The number of allylic oxidation sites excluding steroid dienone is 2. The van der Waals surface area contributed by atoms with E-state index in [2.05, 4.69) is 42.5 Å². The van der Waals surface area contributed by atoms with E-state index < -0.39 is 0 Å². The molecule has 104 valence electrons. The zero-order chi connectivity index (χ0) is 14.4. The summed E-state index contributed by atoms with van der Waals surface area (Å²) in [5, 5.41) is 18.7. The second kappa shape index (κ2) is 4.74. The predicted molar refractivity (Wildman–Crippen MR) is 79.9 cm³/mol. The monoisotopic (exact) mass is 274 g/mol. The normalized spacial score (nSPS) is 36.1. The van der Waals surface area contributed by atoms with Crippen LogP contribution in [0.3, 0.4) is 0 Å². The minimum Gasteiger partial charge on any atom is -0.192 e. The van der Waals surface area contributed by atoms with Gasteiger partial charge in [0.05, 0.1) is 0 Å². The molecule has 0 aliphatic heterocycles. The van der Waals surface area contributed by atoms with Gasteiger partial charge in [0.15, 0.2) is 0 Å². The minimum atomic E-state index is 0.407. The van der Waals surface area contributed by atoms with Gasteiger partial charge in [0, 0.05) is 0 Å². The molecule has 4 aliphatic rings. The molecule has 4 fully saturated rings. The van der Waals surface area contributed by atoms with E-state index >= 15 is 0 Å². The SMILES string of the molecule is N#CC(C#N)=C1C2CC3CC(C2)[C@@H](c2ccccc2)C1C3. The molecule has 1 aromatic carbocycles. The highest BCUT2D eigenvalue weighted by Gasteiger charge is 2.52. The summed E-state index contributed by atoms with van der Waals surface area (Å²) in [6, 6.07) is 15.1. The summed E-state index contributed by atoms with van der Waals surface area (Å²) < 4.78 is 0. The van der Waals surface area contributed by atoms with Crippen molar-refractivity contribution < 1.29 is 0 Å². The molecule has 0 radical (unpaired) electrons. The Balaban J connectivity index is 1.83. The van der Waals surface area contributed by atoms with Crippen LogP contribution in [-0.2, 0) is 0 Å². The molecule has 0 saturated heterocycles. The summed E-state index contributed by atoms with van der Waals surface area (Å²) in [5.74, 6) is 3.02. The Morgan fingerprint density at radius 3 is 2.43 bits per heavy atom. The van der Waals surface area contributed by atoms with Crippen LogP contribution in [0.4, 0.5) is 0 Å². The first-order valence-corrected chi connectivity index (χ1v) is 7.91. The maximum atomic E-state index is 9.34. The Morgan fingerprint density at radius 1 is 0.952 bits per heavy atom. The first-order chi connectivity index (χ1) is 10.3. The van der Waals surface area contributed by atoms with Gasteiger partial charge in [0.1, 0.15) is 17.7 Å². The third-order valence-corrected chi connectivity index (χ3v) is 5.91. The lowest BCUT2D eigenvalue weighted by atomic mass is 9.48. The highest BCUT2D eigenvalue weighted by Crippen LogP contribution is 2.62. The first-order valence-electron chi connectivity index (χ1n) is 7.91. The van der Waals surface area contributed by atoms with E-state index in [1.807, 2.05) is 0 Å².